The first-order valence-corrected chi connectivity index (χ1v) is 8.62. The van der Waals surface area contributed by atoms with Crippen LogP contribution in [0.25, 0.3) is 0 Å². The quantitative estimate of drug-likeness (QED) is 0.244. The van der Waals surface area contributed by atoms with Crippen LogP contribution in [-0.4, -0.2) is 7.28 Å². The van der Waals surface area contributed by atoms with Crippen molar-refractivity contribution in [3.05, 3.63) is 0 Å². The highest BCUT2D eigenvalue weighted by Gasteiger charge is 2.07. The number of rotatable bonds is 14. The van der Waals surface area contributed by atoms with Crippen molar-refractivity contribution >= 4 is 7.28 Å². The average Bonchev–Trinajstić information content (AvgIpc) is 2.38. The highest BCUT2D eigenvalue weighted by molar-refractivity contribution is 6.33. The van der Waals surface area contributed by atoms with Gasteiger partial charge in [-0.3, -0.25) is 0 Å². The lowest BCUT2D eigenvalue weighted by Gasteiger charge is -2.15. The Morgan fingerprint density at radius 3 is 1.61 bits per heavy atom. The van der Waals surface area contributed by atoms with Crippen molar-refractivity contribution in [3.8, 4) is 0 Å². The monoisotopic (exact) mass is 251 g/mol. The molecular formula is C17H36B. The molecule has 0 heterocycles. The molecule has 0 spiro atoms. The molecule has 0 aliphatic carbocycles. The maximum Gasteiger partial charge on any atom is 0.106 e. The van der Waals surface area contributed by atoms with Crippen molar-refractivity contribution in [3.63, 3.8) is 0 Å². The van der Waals surface area contributed by atoms with E-state index in [1.54, 1.807) is 0 Å². The molecule has 0 aromatic heterocycles. The van der Waals surface area contributed by atoms with Crippen LogP contribution in [-0.2, 0) is 0 Å². The van der Waals surface area contributed by atoms with Crippen molar-refractivity contribution in [1.82, 2.24) is 0 Å². The SMILES string of the molecule is C[B]CC(CCCCCC)CCCCCCCC. The first kappa shape index (κ1) is 18.1. The first-order valence-electron chi connectivity index (χ1n) is 8.62. The van der Waals surface area contributed by atoms with Gasteiger partial charge in [0.2, 0.25) is 0 Å². The minimum absolute atomic E-state index is 0.984. The predicted molar refractivity (Wildman–Crippen MR) is 86.7 cm³/mol. The van der Waals surface area contributed by atoms with E-state index in [-0.39, 0.29) is 0 Å². The molecule has 0 N–H and O–H groups in total. The lowest BCUT2D eigenvalue weighted by Crippen LogP contribution is -2.03. The Bertz CT molecular complexity index is 145. The van der Waals surface area contributed by atoms with Crippen LogP contribution in [0.5, 0.6) is 0 Å². The summed E-state index contributed by atoms with van der Waals surface area (Å²) in [4.78, 5) is 0. The molecule has 0 amide bonds. The van der Waals surface area contributed by atoms with Crippen LogP contribution in [0.1, 0.15) is 90.9 Å². The maximum atomic E-state index is 2.38. The smallest absolute Gasteiger partial charge is 0.0920 e. The van der Waals surface area contributed by atoms with Crippen molar-refractivity contribution < 1.29 is 0 Å². The molecule has 0 saturated heterocycles. The van der Waals surface area contributed by atoms with Gasteiger partial charge in [0.25, 0.3) is 0 Å². The Morgan fingerprint density at radius 2 is 1.11 bits per heavy atom. The second-order valence-corrected chi connectivity index (χ2v) is 5.92. The van der Waals surface area contributed by atoms with Gasteiger partial charge in [-0.05, 0) is 5.92 Å². The number of hydrogen-bond acceptors (Lipinski definition) is 0. The highest BCUT2D eigenvalue weighted by Crippen LogP contribution is 2.21. The number of hydrogen-bond donors (Lipinski definition) is 0. The van der Waals surface area contributed by atoms with Crippen LogP contribution >= 0.6 is 0 Å². The molecule has 0 rings (SSSR count). The molecule has 18 heavy (non-hydrogen) atoms. The molecule has 107 valence electrons. The fourth-order valence-electron chi connectivity index (χ4n) is 2.79. The van der Waals surface area contributed by atoms with Crippen LogP contribution in [0, 0.1) is 5.92 Å². The van der Waals surface area contributed by atoms with Gasteiger partial charge in [0.15, 0.2) is 0 Å². The predicted octanol–water partition coefficient (Wildman–Crippen LogP) is 6.49. The van der Waals surface area contributed by atoms with Gasteiger partial charge in [-0.2, -0.15) is 0 Å². The van der Waals surface area contributed by atoms with Crippen molar-refractivity contribution in [2.45, 2.75) is 104 Å². The summed E-state index contributed by atoms with van der Waals surface area (Å²) in [5.41, 5.74) is 0. The van der Waals surface area contributed by atoms with E-state index in [1.165, 1.54) is 83.4 Å². The Morgan fingerprint density at radius 1 is 0.667 bits per heavy atom. The van der Waals surface area contributed by atoms with Gasteiger partial charge in [0, 0.05) is 0 Å². The lowest BCUT2D eigenvalue weighted by molar-refractivity contribution is 0.433. The van der Waals surface area contributed by atoms with Crippen LogP contribution in [0.3, 0.4) is 0 Å². The van der Waals surface area contributed by atoms with Gasteiger partial charge < -0.3 is 0 Å². The molecule has 1 heteroatoms. The summed E-state index contributed by atoms with van der Waals surface area (Å²) in [5.74, 6) is 0.984. The van der Waals surface area contributed by atoms with Crippen molar-refractivity contribution in [2.75, 3.05) is 0 Å². The summed E-state index contributed by atoms with van der Waals surface area (Å²) in [5, 5.41) is 0. The van der Waals surface area contributed by atoms with Crippen molar-refractivity contribution in [2.24, 2.45) is 5.92 Å². The third-order valence-electron chi connectivity index (χ3n) is 4.00. The Labute approximate surface area is 118 Å². The summed E-state index contributed by atoms with van der Waals surface area (Å²) < 4.78 is 0. The second-order valence-electron chi connectivity index (χ2n) is 5.92. The summed E-state index contributed by atoms with van der Waals surface area (Å²) in [6.45, 7) is 6.82. The van der Waals surface area contributed by atoms with E-state index in [1.807, 2.05) is 0 Å². The van der Waals surface area contributed by atoms with E-state index in [4.69, 9.17) is 0 Å². The zero-order valence-corrected chi connectivity index (χ0v) is 13.3. The van der Waals surface area contributed by atoms with E-state index >= 15 is 0 Å². The van der Waals surface area contributed by atoms with E-state index in [2.05, 4.69) is 28.0 Å². The summed E-state index contributed by atoms with van der Waals surface area (Å²) in [6, 6.07) is 0. The molecule has 0 bridgehead atoms. The normalized spacial score (nSPS) is 12.6. The van der Waals surface area contributed by atoms with Crippen LogP contribution in [0.4, 0.5) is 0 Å². The van der Waals surface area contributed by atoms with Gasteiger partial charge in [-0.1, -0.05) is 104 Å². The molecule has 0 saturated carbocycles. The molecule has 1 radical (unpaired) electrons. The summed E-state index contributed by atoms with van der Waals surface area (Å²) in [7, 11) is 2.38. The molecule has 0 aromatic rings. The van der Waals surface area contributed by atoms with E-state index < -0.39 is 0 Å². The Hall–Kier alpha value is 0.0649. The molecular weight excluding hydrogens is 215 g/mol. The van der Waals surface area contributed by atoms with E-state index in [0.29, 0.717) is 0 Å². The highest BCUT2D eigenvalue weighted by atomic mass is 14.1. The number of unbranched alkanes of at least 4 members (excludes halogenated alkanes) is 8. The zero-order chi connectivity index (χ0) is 13.5. The minimum atomic E-state index is 0.984. The zero-order valence-electron chi connectivity index (χ0n) is 13.3. The summed E-state index contributed by atoms with van der Waals surface area (Å²) >= 11 is 0. The fourth-order valence-corrected chi connectivity index (χ4v) is 2.79. The van der Waals surface area contributed by atoms with Gasteiger partial charge in [-0.25, -0.2) is 0 Å². The van der Waals surface area contributed by atoms with Gasteiger partial charge >= 0.3 is 0 Å². The van der Waals surface area contributed by atoms with Gasteiger partial charge in [0.1, 0.15) is 7.28 Å². The van der Waals surface area contributed by atoms with Crippen LogP contribution in [0.2, 0.25) is 13.1 Å². The van der Waals surface area contributed by atoms with Gasteiger partial charge in [0.05, 0.1) is 0 Å². The fraction of sp³-hybridized carbons (Fsp3) is 1.00. The molecule has 0 aliphatic rings. The Kier molecular flexibility index (Phi) is 15.2. The average molecular weight is 251 g/mol. The van der Waals surface area contributed by atoms with Crippen LogP contribution < -0.4 is 0 Å². The van der Waals surface area contributed by atoms with E-state index in [0.717, 1.165) is 5.92 Å². The second kappa shape index (κ2) is 15.1. The first-order chi connectivity index (χ1) is 8.85. The van der Waals surface area contributed by atoms with Crippen LogP contribution in [0.15, 0.2) is 0 Å². The molecule has 0 aliphatic heterocycles. The molecule has 0 fully saturated rings. The standard InChI is InChI=1S/C17H36B/c1-4-6-8-10-11-13-15-17(16-18-3)14-12-9-7-5-2/h17H,4-16H2,1-3H3. The third kappa shape index (κ3) is 12.5. The maximum absolute atomic E-state index is 2.38. The lowest BCUT2D eigenvalue weighted by atomic mass is 9.70. The Balaban J connectivity index is 3.44. The van der Waals surface area contributed by atoms with Crippen molar-refractivity contribution in [1.29, 1.82) is 0 Å². The van der Waals surface area contributed by atoms with E-state index in [9.17, 15) is 0 Å². The molecule has 0 nitrogen and oxygen atoms in total. The molecule has 1 unspecified atom stereocenters. The summed E-state index contributed by atoms with van der Waals surface area (Å²) in [6.07, 6.45) is 18.7. The topological polar surface area (TPSA) is 0 Å². The molecule has 1 atom stereocenters. The third-order valence-corrected chi connectivity index (χ3v) is 4.00. The molecule has 0 aromatic carbocycles. The van der Waals surface area contributed by atoms with Gasteiger partial charge in [-0.15, -0.1) is 0 Å². The minimum Gasteiger partial charge on any atom is -0.0920 e. The largest absolute Gasteiger partial charge is 0.106 e.